The smallest absolute Gasteiger partial charge is 0.268 e. The molecule has 0 spiro atoms. The van der Waals surface area contributed by atoms with Crippen LogP contribution in [-0.2, 0) is 0 Å². The van der Waals surface area contributed by atoms with Gasteiger partial charge < -0.3 is 10.6 Å². The first kappa shape index (κ1) is 13.1. The van der Waals surface area contributed by atoms with Crippen molar-refractivity contribution in [1.82, 2.24) is 0 Å². The van der Waals surface area contributed by atoms with Crippen LogP contribution in [0.1, 0.15) is 15.2 Å². The van der Waals surface area contributed by atoms with E-state index in [1.165, 1.54) is 11.3 Å². The van der Waals surface area contributed by atoms with E-state index in [1.54, 1.807) is 24.1 Å². The highest BCUT2D eigenvalue weighted by Crippen LogP contribution is 2.29. The van der Waals surface area contributed by atoms with Gasteiger partial charge in [-0.1, -0.05) is 6.07 Å². The second-order valence-corrected chi connectivity index (χ2v) is 6.40. The van der Waals surface area contributed by atoms with Crippen LogP contribution in [0.2, 0.25) is 0 Å². The Balaban J connectivity index is 2.29. The highest BCUT2D eigenvalue weighted by atomic mass is 79.9. The molecule has 0 aliphatic carbocycles. The van der Waals surface area contributed by atoms with Crippen LogP contribution >= 0.6 is 27.3 Å². The molecule has 0 saturated heterocycles. The standard InChI is InChI=1S/C13H13BrN2OS/c1-8-6-11(18-12(8)14)13(17)16(2)10-5-3-4-9(15)7-10/h3-7H,15H2,1-2H3. The van der Waals surface area contributed by atoms with E-state index in [9.17, 15) is 4.79 Å². The number of carbonyl (C=O) groups is 1. The summed E-state index contributed by atoms with van der Waals surface area (Å²) < 4.78 is 0.992. The highest BCUT2D eigenvalue weighted by Gasteiger charge is 2.16. The highest BCUT2D eigenvalue weighted by molar-refractivity contribution is 9.11. The van der Waals surface area contributed by atoms with Gasteiger partial charge in [0.2, 0.25) is 0 Å². The zero-order chi connectivity index (χ0) is 13.3. The summed E-state index contributed by atoms with van der Waals surface area (Å²) in [5.41, 5.74) is 8.24. The fourth-order valence-electron chi connectivity index (χ4n) is 1.58. The average Bonchev–Trinajstić information content (AvgIpc) is 2.68. The first-order valence-corrected chi connectivity index (χ1v) is 6.99. The Morgan fingerprint density at radius 1 is 1.39 bits per heavy atom. The number of halogens is 1. The van der Waals surface area contributed by atoms with Crippen molar-refractivity contribution in [2.45, 2.75) is 6.92 Å². The lowest BCUT2D eigenvalue weighted by Gasteiger charge is -2.16. The van der Waals surface area contributed by atoms with Crippen molar-refractivity contribution in [2.75, 3.05) is 17.7 Å². The van der Waals surface area contributed by atoms with Gasteiger partial charge in [-0.2, -0.15) is 0 Å². The number of aryl methyl sites for hydroxylation is 1. The molecule has 2 aromatic rings. The molecular formula is C13H13BrN2OS. The minimum absolute atomic E-state index is 0.0283. The average molecular weight is 325 g/mol. The molecule has 1 heterocycles. The zero-order valence-corrected chi connectivity index (χ0v) is 12.5. The summed E-state index contributed by atoms with van der Waals surface area (Å²) in [6, 6.07) is 9.18. The second kappa shape index (κ2) is 5.12. The molecule has 94 valence electrons. The summed E-state index contributed by atoms with van der Waals surface area (Å²) in [6.07, 6.45) is 0. The summed E-state index contributed by atoms with van der Waals surface area (Å²) in [5, 5.41) is 0. The lowest BCUT2D eigenvalue weighted by atomic mass is 10.2. The summed E-state index contributed by atoms with van der Waals surface area (Å²) in [5.74, 6) is -0.0283. The van der Waals surface area contributed by atoms with Crippen LogP contribution in [0, 0.1) is 6.92 Å². The molecule has 5 heteroatoms. The van der Waals surface area contributed by atoms with E-state index in [0.29, 0.717) is 10.6 Å². The maximum Gasteiger partial charge on any atom is 0.268 e. The van der Waals surface area contributed by atoms with Gasteiger partial charge in [0.25, 0.3) is 5.91 Å². The number of nitrogens with two attached hydrogens (primary N) is 1. The van der Waals surface area contributed by atoms with Gasteiger partial charge >= 0.3 is 0 Å². The van der Waals surface area contributed by atoms with Gasteiger partial charge in [-0.3, -0.25) is 4.79 Å². The number of amides is 1. The molecule has 0 aliphatic rings. The van der Waals surface area contributed by atoms with Gasteiger partial charge in [0.05, 0.1) is 8.66 Å². The number of hydrogen-bond donors (Lipinski definition) is 1. The van der Waals surface area contributed by atoms with Crippen molar-refractivity contribution in [3.8, 4) is 0 Å². The minimum atomic E-state index is -0.0283. The molecule has 1 aromatic carbocycles. The lowest BCUT2D eigenvalue weighted by Crippen LogP contribution is -2.25. The normalized spacial score (nSPS) is 10.4. The van der Waals surface area contributed by atoms with Gasteiger partial charge in [0, 0.05) is 18.4 Å². The monoisotopic (exact) mass is 324 g/mol. The summed E-state index contributed by atoms with van der Waals surface area (Å²) in [4.78, 5) is 14.6. The van der Waals surface area contributed by atoms with Crippen LogP contribution in [0.15, 0.2) is 34.1 Å². The fourth-order valence-corrected chi connectivity index (χ4v) is 3.09. The summed E-state index contributed by atoms with van der Waals surface area (Å²) in [7, 11) is 1.75. The molecule has 1 amide bonds. The quantitative estimate of drug-likeness (QED) is 0.856. The van der Waals surface area contributed by atoms with E-state index in [2.05, 4.69) is 15.9 Å². The topological polar surface area (TPSA) is 46.3 Å². The third-order valence-corrected chi connectivity index (χ3v) is 4.75. The number of thiophene rings is 1. The Kier molecular flexibility index (Phi) is 3.73. The number of anilines is 2. The largest absolute Gasteiger partial charge is 0.399 e. The summed E-state index contributed by atoms with van der Waals surface area (Å²) >= 11 is 4.87. The molecule has 1 aromatic heterocycles. The van der Waals surface area contributed by atoms with Crippen molar-refractivity contribution in [1.29, 1.82) is 0 Å². The van der Waals surface area contributed by atoms with Crippen LogP contribution in [0.5, 0.6) is 0 Å². The molecule has 0 bridgehead atoms. The van der Waals surface area contributed by atoms with Crippen molar-refractivity contribution in [2.24, 2.45) is 0 Å². The Hall–Kier alpha value is -1.33. The number of carbonyl (C=O) groups excluding carboxylic acids is 1. The molecule has 3 nitrogen and oxygen atoms in total. The maximum absolute atomic E-state index is 12.3. The first-order chi connectivity index (χ1) is 8.49. The van der Waals surface area contributed by atoms with Crippen LogP contribution in [-0.4, -0.2) is 13.0 Å². The molecule has 18 heavy (non-hydrogen) atoms. The molecule has 2 rings (SSSR count). The molecule has 2 N–H and O–H groups in total. The molecule has 0 saturated carbocycles. The molecule has 0 fully saturated rings. The van der Waals surface area contributed by atoms with E-state index < -0.39 is 0 Å². The van der Waals surface area contributed by atoms with Crippen LogP contribution in [0.4, 0.5) is 11.4 Å². The van der Waals surface area contributed by atoms with Gasteiger partial charge in [0.15, 0.2) is 0 Å². The number of nitrogen functional groups attached to an aromatic ring is 1. The number of rotatable bonds is 2. The number of benzene rings is 1. The van der Waals surface area contributed by atoms with E-state index in [4.69, 9.17) is 5.73 Å². The minimum Gasteiger partial charge on any atom is -0.399 e. The van der Waals surface area contributed by atoms with Gasteiger partial charge in [-0.25, -0.2) is 0 Å². The number of nitrogens with zero attached hydrogens (tertiary/aromatic N) is 1. The predicted molar refractivity (Wildman–Crippen MR) is 80.3 cm³/mol. The maximum atomic E-state index is 12.3. The third kappa shape index (κ3) is 2.57. The van der Waals surface area contributed by atoms with Gasteiger partial charge in [0.1, 0.15) is 0 Å². The van der Waals surface area contributed by atoms with Crippen LogP contribution < -0.4 is 10.6 Å². The number of hydrogen-bond acceptors (Lipinski definition) is 3. The molecule has 0 atom stereocenters. The van der Waals surface area contributed by atoms with Crippen molar-refractivity contribution < 1.29 is 4.79 Å². The Bertz CT molecular complexity index is 575. The molecule has 0 radical (unpaired) electrons. The Labute approximate surface area is 118 Å². The van der Waals surface area contributed by atoms with Crippen molar-refractivity contribution in [3.05, 3.63) is 44.6 Å². The molecule has 0 unspecified atom stereocenters. The van der Waals surface area contributed by atoms with E-state index in [-0.39, 0.29) is 5.91 Å². The van der Waals surface area contributed by atoms with Gasteiger partial charge in [-0.15, -0.1) is 11.3 Å². The van der Waals surface area contributed by atoms with Gasteiger partial charge in [-0.05, 0) is 52.7 Å². The van der Waals surface area contributed by atoms with Crippen molar-refractivity contribution >= 4 is 44.5 Å². The Morgan fingerprint density at radius 3 is 2.67 bits per heavy atom. The Morgan fingerprint density at radius 2 is 2.11 bits per heavy atom. The fraction of sp³-hybridized carbons (Fsp3) is 0.154. The van der Waals surface area contributed by atoms with E-state index >= 15 is 0 Å². The van der Waals surface area contributed by atoms with E-state index in [0.717, 1.165) is 15.0 Å². The van der Waals surface area contributed by atoms with Crippen LogP contribution in [0.3, 0.4) is 0 Å². The van der Waals surface area contributed by atoms with Crippen LogP contribution in [0.25, 0.3) is 0 Å². The second-order valence-electron chi connectivity index (χ2n) is 4.03. The SMILES string of the molecule is Cc1cc(C(=O)N(C)c2cccc(N)c2)sc1Br. The van der Waals surface area contributed by atoms with Crippen molar-refractivity contribution in [3.63, 3.8) is 0 Å². The lowest BCUT2D eigenvalue weighted by molar-refractivity contribution is 0.0997. The third-order valence-electron chi connectivity index (χ3n) is 2.63. The molecule has 0 aliphatic heterocycles. The summed E-state index contributed by atoms with van der Waals surface area (Å²) in [6.45, 7) is 1.97. The molecular weight excluding hydrogens is 312 g/mol. The zero-order valence-electron chi connectivity index (χ0n) is 10.1. The first-order valence-electron chi connectivity index (χ1n) is 5.38. The predicted octanol–water partition coefficient (Wildman–Crippen LogP) is 3.68. The van der Waals surface area contributed by atoms with E-state index in [1.807, 2.05) is 25.1 Å².